The lowest BCUT2D eigenvalue weighted by atomic mass is 10.2. The third kappa shape index (κ3) is 1.63. The molecule has 0 bridgehead atoms. The van der Waals surface area contributed by atoms with Crippen molar-refractivity contribution in [1.29, 1.82) is 0 Å². The molecule has 0 aliphatic carbocycles. The molecule has 2 heterocycles. The highest BCUT2D eigenvalue weighted by atomic mass is 35.5. The second-order valence-electron chi connectivity index (χ2n) is 2.62. The summed E-state index contributed by atoms with van der Waals surface area (Å²) in [4.78, 5) is 3.65. The van der Waals surface area contributed by atoms with E-state index < -0.39 is 11.6 Å². The van der Waals surface area contributed by atoms with Gasteiger partial charge < -0.3 is 0 Å². The molecule has 0 saturated carbocycles. The fraction of sp³-hybridized carbons (Fsp3) is 0. The first-order valence-electron chi connectivity index (χ1n) is 3.71. The van der Waals surface area contributed by atoms with Crippen LogP contribution in [-0.4, -0.2) is 4.98 Å². The van der Waals surface area contributed by atoms with Crippen molar-refractivity contribution >= 4 is 22.9 Å². The normalized spacial score (nSPS) is 10.5. The molecule has 1 nitrogen and oxygen atoms in total. The lowest BCUT2D eigenvalue weighted by Gasteiger charge is -1.99. The van der Waals surface area contributed by atoms with Crippen LogP contribution in [0.5, 0.6) is 0 Å². The van der Waals surface area contributed by atoms with Crippen LogP contribution in [0.1, 0.15) is 0 Å². The van der Waals surface area contributed by atoms with E-state index in [2.05, 4.69) is 4.98 Å². The maximum Gasteiger partial charge on any atom is 0.152 e. The number of aromatic nitrogens is 1. The van der Waals surface area contributed by atoms with Crippen molar-refractivity contribution in [2.75, 3.05) is 0 Å². The Hall–Kier alpha value is -1.00. The van der Waals surface area contributed by atoms with Crippen LogP contribution in [0, 0.1) is 11.6 Å². The van der Waals surface area contributed by atoms with Gasteiger partial charge in [-0.05, 0) is 0 Å². The van der Waals surface area contributed by atoms with Gasteiger partial charge in [-0.2, -0.15) is 11.3 Å². The third-order valence-corrected chi connectivity index (χ3v) is 2.86. The predicted molar refractivity (Wildman–Crippen MR) is 52.5 cm³/mol. The number of rotatable bonds is 1. The zero-order chi connectivity index (χ0) is 10.1. The van der Waals surface area contributed by atoms with Crippen LogP contribution in [0.2, 0.25) is 5.02 Å². The van der Waals surface area contributed by atoms with Gasteiger partial charge in [-0.25, -0.2) is 8.78 Å². The molecule has 0 aromatic carbocycles. The summed E-state index contributed by atoms with van der Waals surface area (Å²) in [5.74, 6) is -1.40. The lowest BCUT2D eigenvalue weighted by Crippen LogP contribution is -1.89. The van der Waals surface area contributed by atoms with Crippen LogP contribution in [0.15, 0.2) is 23.0 Å². The van der Waals surface area contributed by atoms with Crippen LogP contribution in [0.4, 0.5) is 8.78 Å². The van der Waals surface area contributed by atoms with Gasteiger partial charge in [0, 0.05) is 22.4 Å². The minimum Gasteiger partial charge on any atom is -0.250 e. The molecule has 14 heavy (non-hydrogen) atoms. The first-order chi connectivity index (χ1) is 6.68. The molecule has 0 N–H and O–H groups in total. The molecule has 0 amide bonds. The van der Waals surface area contributed by atoms with E-state index >= 15 is 0 Å². The number of hydrogen-bond donors (Lipinski definition) is 0. The van der Waals surface area contributed by atoms with Crippen LogP contribution in [-0.2, 0) is 0 Å². The van der Waals surface area contributed by atoms with Gasteiger partial charge in [-0.15, -0.1) is 0 Å². The molecule has 0 spiro atoms. The molecule has 5 heteroatoms. The maximum atomic E-state index is 13.2. The van der Waals surface area contributed by atoms with Crippen molar-refractivity contribution in [2.45, 2.75) is 0 Å². The molecule has 0 unspecified atom stereocenters. The molecule has 0 radical (unpaired) electrons. The van der Waals surface area contributed by atoms with Gasteiger partial charge in [0.1, 0.15) is 11.5 Å². The molecule has 0 aliphatic heterocycles. The van der Waals surface area contributed by atoms with E-state index in [1.807, 2.05) is 0 Å². The molecule has 2 aromatic heterocycles. The molecular weight excluding hydrogens is 228 g/mol. The minimum absolute atomic E-state index is 0.0812. The Kier molecular flexibility index (Phi) is 2.48. The van der Waals surface area contributed by atoms with E-state index in [0.29, 0.717) is 10.6 Å². The molecule has 2 rings (SSSR count). The Morgan fingerprint density at radius 3 is 2.64 bits per heavy atom. The Balaban J connectivity index is 2.58. The van der Waals surface area contributed by atoms with Gasteiger partial charge in [0.2, 0.25) is 0 Å². The number of nitrogens with zero attached hydrogens (tertiary/aromatic N) is 1. The average molecular weight is 232 g/mol. The van der Waals surface area contributed by atoms with Crippen LogP contribution < -0.4 is 0 Å². The first-order valence-corrected chi connectivity index (χ1v) is 5.03. The Labute approximate surface area is 88.0 Å². The third-order valence-electron chi connectivity index (χ3n) is 1.68. The molecular formula is C9H4ClF2NS. The van der Waals surface area contributed by atoms with Crippen molar-refractivity contribution in [2.24, 2.45) is 0 Å². The van der Waals surface area contributed by atoms with Gasteiger partial charge >= 0.3 is 0 Å². The van der Waals surface area contributed by atoms with Crippen LogP contribution in [0.25, 0.3) is 11.3 Å². The Morgan fingerprint density at radius 1 is 1.29 bits per heavy atom. The van der Waals surface area contributed by atoms with Crippen molar-refractivity contribution in [3.05, 3.63) is 39.7 Å². The van der Waals surface area contributed by atoms with E-state index in [-0.39, 0.29) is 5.69 Å². The summed E-state index contributed by atoms with van der Waals surface area (Å²) in [6, 6.07) is 0.788. The maximum absolute atomic E-state index is 13.2. The lowest BCUT2D eigenvalue weighted by molar-refractivity contribution is 0.576. The molecule has 0 atom stereocenters. The van der Waals surface area contributed by atoms with E-state index in [4.69, 9.17) is 11.6 Å². The Morgan fingerprint density at radius 2 is 2.07 bits per heavy atom. The number of hydrogen-bond acceptors (Lipinski definition) is 2. The molecule has 72 valence electrons. The molecule has 0 aliphatic rings. The fourth-order valence-corrected chi connectivity index (χ4v) is 2.12. The summed E-state index contributed by atoms with van der Waals surface area (Å²) in [5, 5.41) is 3.76. The highest BCUT2D eigenvalue weighted by Crippen LogP contribution is 2.31. The predicted octanol–water partition coefficient (Wildman–Crippen LogP) is 3.74. The number of halogens is 3. The number of pyridine rings is 1. The minimum atomic E-state index is -0.703. The van der Waals surface area contributed by atoms with E-state index in [9.17, 15) is 8.78 Å². The highest BCUT2D eigenvalue weighted by Gasteiger charge is 2.11. The zero-order valence-corrected chi connectivity index (χ0v) is 8.37. The van der Waals surface area contributed by atoms with Crippen molar-refractivity contribution in [3.8, 4) is 11.3 Å². The smallest absolute Gasteiger partial charge is 0.152 e. The topological polar surface area (TPSA) is 12.9 Å². The van der Waals surface area contributed by atoms with Gasteiger partial charge in [0.25, 0.3) is 0 Å². The SMILES string of the molecule is Fc1cnc(-c2cscc2Cl)c(F)c1. The van der Waals surface area contributed by atoms with Gasteiger partial charge in [0.05, 0.1) is 11.2 Å². The van der Waals surface area contributed by atoms with Gasteiger partial charge in [-0.3, -0.25) is 4.98 Å². The first kappa shape index (κ1) is 9.55. The molecule has 2 aromatic rings. The van der Waals surface area contributed by atoms with Gasteiger partial charge in [-0.1, -0.05) is 11.6 Å². The van der Waals surface area contributed by atoms with Crippen molar-refractivity contribution in [3.63, 3.8) is 0 Å². The standard InChI is InChI=1S/C9H4ClF2NS/c10-7-4-14-3-6(7)9-8(12)1-5(11)2-13-9/h1-4H. The van der Waals surface area contributed by atoms with Crippen LogP contribution >= 0.6 is 22.9 Å². The Bertz CT molecular complexity index is 470. The van der Waals surface area contributed by atoms with Crippen molar-refractivity contribution in [1.82, 2.24) is 4.98 Å². The van der Waals surface area contributed by atoms with Crippen LogP contribution in [0.3, 0.4) is 0 Å². The monoisotopic (exact) mass is 231 g/mol. The van der Waals surface area contributed by atoms with Crippen molar-refractivity contribution < 1.29 is 8.78 Å². The summed E-state index contributed by atoms with van der Waals surface area (Å²) < 4.78 is 25.8. The van der Waals surface area contributed by atoms with E-state index in [1.54, 1.807) is 10.8 Å². The summed E-state index contributed by atoms with van der Waals surface area (Å²) in [6.45, 7) is 0. The second kappa shape index (κ2) is 3.63. The highest BCUT2D eigenvalue weighted by molar-refractivity contribution is 7.08. The van der Waals surface area contributed by atoms with E-state index in [1.165, 1.54) is 11.3 Å². The zero-order valence-electron chi connectivity index (χ0n) is 6.80. The number of thiophene rings is 1. The second-order valence-corrected chi connectivity index (χ2v) is 3.77. The summed E-state index contributed by atoms with van der Waals surface area (Å²) in [6.07, 6.45) is 0.965. The molecule has 0 saturated heterocycles. The van der Waals surface area contributed by atoms with Gasteiger partial charge in [0.15, 0.2) is 5.82 Å². The summed E-state index contributed by atoms with van der Waals surface area (Å²) in [7, 11) is 0. The summed E-state index contributed by atoms with van der Waals surface area (Å²) in [5.41, 5.74) is 0.576. The average Bonchev–Trinajstić information content (AvgIpc) is 2.52. The summed E-state index contributed by atoms with van der Waals surface area (Å²) >= 11 is 7.14. The molecule has 0 fully saturated rings. The quantitative estimate of drug-likeness (QED) is 0.729. The van der Waals surface area contributed by atoms with E-state index in [0.717, 1.165) is 12.3 Å². The fourth-order valence-electron chi connectivity index (χ4n) is 1.06. The largest absolute Gasteiger partial charge is 0.250 e.